The van der Waals surface area contributed by atoms with Crippen LogP contribution in [0.2, 0.25) is 0 Å². The maximum atomic E-state index is 12.0. The Morgan fingerprint density at radius 3 is 2.88 bits per heavy atom. The minimum atomic E-state index is -0.547. The van der Waals surface area contributed by atoms with Crippen LogP contribution >= 0.6 is 11.3 Å². The summed E-state index contributed by atoms with van der Waals surface area (Å²) < 4.78 is 6.40. The predicted octanol–water partition coefficient (Wildman–Crippen LogP) is 2.72. The van der Waals surface area contributed by atoms with Crippen molar-refractivity contribution >= 4 is 38.5 Å². The molecule has 3 aromatic rings. The Hall–Kier alpha value is -2.93. The van der Waals surface area contributed by atoms with Crippen LogP contribution in [0.3, 0.4) is 0 Å². The number of nitrogens with zero attached hydrogens (tertiary/aromatic N) is 1. The van der Waals surface area contributed by atoms with E-state index in [1.165, 1.54) is 17.4 Å². The fourth-order valence-corrected chi connectivity index (χ4v) is 3.11. The van der Waals surface area contributed by atoms with Gasteiger partial charge < -0.3 is 10.5 Å². The first-order valence-electron chi connectivity index (χ1n) is 7.21. The molecule has 0 bridgehead atoms. The van der Waals surface area contributed by atoms with E-state index in [4.69, 9.17) is 10.5 Å². The van der Waals surface area contributed by atoms with E-state index in [1.807, 2.05) is 25.1 Å². The minimum absolute atomic E-state index is 0.183. The number of fused-ring (bicyclic) bond motifs is 1. The van der Waals surface area contributed by atoms with Gasteiger partial charge in [0.1, 0.15) is 5.75 Å². The molecule has 7 heteroatoms. The van der Waals surface area contributed by atoms with Gasteiger partial charge in [-0.15, -0.1) is 0 Å². The number of primary amides is 1. The lowest BCUT2D eigenvalue weighted by atomic mass is 10.2. The van der Waals surface area contributed by atoms with E-state index >= 15 is 0 Å². The summed E-state index contributed by atoms with van der Waals surface area (Å²) in [6.07, 6.45) is 0. The lowest BCUT2D eigenvalue weighted by Crippen LogP contribution is -2.20. The van der Waals surface area contributed by atoms with E-state index in [-0.39, 0.29) is 12.5 Å². The summed E-state index contributed by atoms with van der Waals surface area (Å²) in [6.45, 7) is 1.82. The number of aromatic nitrogens is 1. The Morgan fingerprint density at radius 2 is 2.08 bits per heavy atom. The van der Waals surface area contributed by atoms with Crippen molar-refractivity contribution in [2.24, 2.45) is 5.73 Å². The summed E-state index contributed by atoms with van der Waals surface area (Å²) in [6, 6.07) is 12.3. The standard InChI is InChI=1S/C17H15N3O3S/c1-10-5-6-13-14(7-10)24-17(19-13)20-15(21)9-23-12-4-2-3-11(8-12)16(18)22/h2-8H,9H2,1H3,(H2,18,22)(H,19,20,21). The molecule has 0 fully saturated rings. The van der Waals surface area contributed by atoms with Crippen molar-refractivity contribution in [3.63, 3.8) is 0 Å². The number of nitrogens with two attached hydrogens (primary N) is 1. The number of carbonyl (C=O) groups excluding carboxylic acids is 2. The van der Waals surface area contributed by atoms with Gasteiger partial charge in [-0.05, 0) is 42.8 Å². The maximum Gasteiger partial charge on any atom is 0.264 e. The van der Waals surface area contributed by atoms with E-state index < -0.39 is 5.91 Å². The molecule has 122 valence electrons. The number of carbonyl (C=O) groups is 2. The number of ether oxygens (including phenoxy) is 1. The number of aryl methyl sites for hydroxylation is 1. The third-order valence-electron chi connectivity index (χ3n) is 3.28. The molecule has 6 nitrogen and oxygen atoms in total. The number of rotatable bonds is 5. The summed E-state index contributed by atoms with van der Waals surface area (Å²) in [5.74, 6) is -0.466. The molecule has 3 rings (SSSR count). The summed E-state index contributed by atoms with van der Waals surface area (Å²) in [5, 5.41) is 3.23. The highest BCUT2D eigenvalue weighted by atomic mass is 32.1. The second-order valence-electron chi connectivity index (χ2n) is 5.22. The minimum Gasteiger partial charge on any atom is -0.484 e. The molecule has 24 heavy (non-hydrogen) atoms. The number of hydrogen-bond donors (Lipinski definition) is 2. The van der Waals surface area contributed by atoms with Crippen LogP contribution in [0.1, 0.15) is 15.9 Å². The van der Waals surface area contributed by atoms with Crippen LogP contribution in [0.4, 0.5) is 5.13 Å². The average Bonchev–Trinajstić information content (AvgIpc) is 2.94. The Kier molecular flexibility index (Phi) is 4.43. The molecule has 0 saturated carbocycles. The molecule has 0 aliphatic carbocycles. The number of nitrogens with one attached hydrogen (secondary N) is 1. The van der Waals surface area contributed by atoms with E-state index in [9.17, 15) is 9.59 Å². The molecule has 2 amide bonds. The fraction of sp³-hybridized carbons (Fsp3) is 0.118. The molecular formula is C17H15N3O3S. The molecule has 0 aliphatic rings. The molecular weight excluding hydrogens is 326 g/mol. The van der Waals surface area contributed by atoms with Gasteiger partial charge in [-0.3, -0.25) is 14.9 Å². The highest BCUT2D eigenvalue weighted by molar-refractivity contribution is 7.22. The average molecular weight is 341 g/mol. The zero-order chi connectivity index (χ0) is 17.1. The summed E-state index contributed by atoms with van der Waals surface area (Å²) in [5.41, 5.74) is 7.52. The van der Waals surface area contributed by atoms with Crippen molar-refractivity contribution in [2.75, 3.05) is 11.9 Å². The van der Waals surface area contributed by atoms with Crippen molar-refractivity contribution in [3.8, 4) is 5.75 Å². The van der Waals surface area contributed by atoms with E-state index in [0.717, 1.165) is 15.8 Å². The highest BCUT2D eigenvalue weighted by Gasteiger charge is 2.09. The summed E-state index contributed by atoms with van der Waals surface area (Å²) in [4.78, 5) is 27.5. The van der Waals surface area contributed by atoms with Crippen molar-refractivity contribution in [1.29, 1.82) is 0 Å². The quantitative estimate of drug-likeness (QED) is 0.746. The Balaban J connectivity index is 1.62. The second-order valence-corrected chi connectivity index (χ2v) is 6.25. The fourth-order valence-electron chi connectivity index (χ4n) is 2.13. The third kappa shape index (κ3) is 3.69. The van der Waals surface area contributed by atoms with E-state index in [0.29, 0.717) is 16.4 Å². The van der Waals surface area contributed by atoms with Crippen LogP contribution in [0.15, 0.2) is 42.5 Å². The van der Waals surface area contributed by atoms with Crippen LogP contribution in [-0.4, -0.2) is 23.4 Å². The Morgan fingerprint density at radius 1 is 1.25 bits per heavy atom. The monoisotopic (exact) mass is 341 g/mol. The molecule has 3 N–H and O–H groups in total. The molecule has 0 spiro atoms. The van der Waals surface area contributed by atoms with Crippen LogP contribution in [0, 0.1) is 6.92 Å². The largest absolute Gasteiger partial charge is 0.484 e. The van der Waals surface area contributed by atoms with E-state index in [1.54, 1.807) is 18.2 Å². The molecule has 0 aliphatic heterocycles. The number of anilines is 1. The van der Waals surface area contributed by atoms with E-state index in [2.05, 4.69) is 10.3 Å². The number of benzene rings is 2. The van der Waals surface area contributed by atoms with Crippen molar-refractivity contribution < 1.29 is 14.3 Å². The van der Waals surface area contributed by atoms with Crippen LogP contribution in [0.25, 0.3) is 10.2 Å². The first-order chi connectivity index (χ1) is 11.5. The lowest BCUT2D eigenvalue weighted by Gasteiger charge is -2.06. The number of hydrogen-bond acceptors (Lipinski definition) is 5. The van der Waals surface area contributed by atoms with Crippen molar-refractivity contribution in [3.05, 3.63) is 53.6 Å². The molecule has 1 heterocycles. The zero-order valence-corrected chi connectivity index (χ0v) is 13.7. The van der Waals surface area contributed by atoms with Gasteiger partial charge in [-0.1, -0.05) is 23.5 Å². The second kappa shape index (κ2) is 6.67. The van der Waals surface area contributed by atoms with Gasteiger partial charge in [0.05, 0.1) is 10.2 Å². The zero-order valence-electron chi connectivity index (χ0n) is 12.9. The molecule has 0 atom stereocenters. The highest BCUT2D eigenvalue weighted by Crippen LogP contribution is 2.26. The smallest absolute Gasteiger partial charge is 0.264 e. The first-order valence-corrected chi connectivity index (χ1v) is 8.02. The summed E-state index contributed by atoms with van der Waals surface area (Å²) in [7, 11) is 0. The predicted molar refractivity (Wildman–Crippen MR) is 93.4 cm³/mol. The van der Waals surface area contributed by atoms with Gasteiger partial charge in [0.2, 0.25) is 5.91 Å². The number of amides is 2. The van der Waals surface area contributed by atoms with Gasteiger partial charge >= 0.3 is 0 Å². The van der Waals surface area contributed by atoms with Crippen molar-refractivity contribution in [1.82, 2.24) is 4.98 Å². The normalized spacial score (nSPS) is 10.5. The van der Waals surface area contributed by atoms with Gasteiger partial charge in [0, 0.05) is 5.56 Å². The van der Waals surface area contributed by atoms with Gasteiger partial charge in [0.25, 0.3) is 5.91 Å². The lowest BCUT2D eigenvalue weighted by molar-refractivity contribution is -0.118. The molecule has 0 unspecified atom stereocenters. The van der Waals surface area contributed by atoms with Crippen LogP contribution < -0.4 is 15.8 Å². The van der Waals surface area contributed by atoms with Crippen LogP contribution in [0.5, 0.6) is 5.75 Å². The van der Waals surface area contributed by atoms with Crippen molar-refractivity contribution in [2.45, 2.75) is 6.92 Å². The number of thiazole rings is 1. The Bertz CT molecular complexity index is 920. The SMILES string of the molecule is Cc1ccc2nc(NC(=O)COc3cccc(C(N)=O)c3)sc2c1. The maximum absolute atomic E-state index is 12.0. The third-order valence-corrected chi connectivity index (χ3v) is 4.21. The first kappa shape index (κ1) is 15.9. The van der Waals surface area contributed by atoms with Crippen LogP contribution in [-0.2, 0) is 4.79 Å². The van der Waals surface area contributed by atoms with Gasteiger partial charge in [0.15, 0.2) is 11.7 Å². The summed E-state index contributed by atoms with van der Waals surface area (Å²) >= 11 is 1.41. The molecule has 1 aromatic heterocycles. The Labute approximate surface area is 142 Å². The topological polar surface area (TPSA) is 94.3 Å². The van der Waals surface area contributed by atoms with Gasteiger partial charge in [-0.25, -0.2) is 4.98 Å². The molecule has 0 radical (unpaired) electrons. The molecule has 2 aromatic carbocycles. The molecule has 0 saturated heterocycles. The van der Waals surface area contributed by atoms with Gasteiger partial charge in [-0.2, -0.15) is 0 Å².